The largest absolute Gasteiger partial charge is 0.362 e. The number of anilines is 1. The van der Waals surface area contributed by atoms with Crippen molar-refractivity contribution in [3.05, 3.63) is 81.2 Å². The van der Waals surface area contributed by atoms with Gasteiger partial charge in [-0.2, -0.15) is 0 Å². The lowest BCUT2D eigenvalue weighted by Gasteiger charge is -2.34. The second kappa shape index (κ2) is 7.72. The van der Waals surface area contributed by atoms with Gasteiger partial charge < -0.3 is 10.6 Å². The minimum absolute atomic E-state index is 0.109. The SMILES string of the molecule is CC1=C(C(=O)Nc2ccccn2)[C@@H](c2ccc(Br)cc2)C2=C(CCCC2=O)N1. The minimum atomic E-state index is -0.388. The first-order valence-electron chi connectivity index (χ1n) is 9.26. The number of halogens is 1. The number of hydrogen-bond donors (Lipinski definition) is 2. The molecule has 2 N–H and O–H groups in total. The van der Waals surface area contributed by atoms with E-state index in [2.05, 4.69) is 31.5 Å². The summed E-state index contributed by atoms with van der Waals surface area (Å²) < 4.78 is 0.953. The zero-order valence-electron chi connectivity index (χ0n) is 15.5. The van der Waals surface area contributed by atoms with Gasteiger partial charge in [0.15, 0.2) is 5.78 Å². The number of carbonyl (C=O) groups excluding carboxylic acids is 2. The first-order chi connectivity index (χ1) is 13.5. The standard InChI is InChI=1S/C22H20BrN3O2/c1-13-19(22(28)26-18-7-2-3-12-24-18)20(14-8-10-15(23)11-9-14)21-16(25-13)5-4-6-17(21)27/h2-3,7-12,20,25H,4-6H2,1H3,(H,24,26,28)/t20-/m1/s1. The van der Waals surface area contributed by atoms with Crippen molar-refractivity contribution in [2.24, 2.45) is 0 Å². The number of ketones is 1. The zero-order chi connectivity index (χ0) is 19.7. The van der Waals surface area contributed by atoms with E-state index in [4.69, 9.17) is 0 Å². The van der Waals surface area contributed by atoms with Crippen LogP contribution in [0.25, 0.3) is 0 Å². The fourth-order valence-electron chi connectivity index (χ4n) is 3.89. The number of benzene rings is 1. The Morgan fingerprint density at radius 1 is 1.18 bits per heavy atom. The summed E-state index contributed by atoms with van der Waals surface area (Å²) in [4.78, 5) is 30.2. The van der Waals surface area contributed by atoms with Gasteiger partial charge in [-0.25, -0.2) is 4.98 Å². The summed E-state index contributed by atoms with van der Waals surface area (Å²) in [6.07, 6.45) is 3.80. The van der Waals surface area contributed by atoms with Crippen LogP contribution in [0.2, 0.25) is 0 Å². The third kappa shape index (κ3) is 3.52. The van der Waals surface area contributed by atoms with E-state index in [1.807, 2.05) is 37.3 Å². The second-order valence-corrected chi connectivity index (χ2v) is 7.90. The summed E-state index contributed by atoms with van der Waals surface area (Å²) in [6, 6.07) is 13.2. The number of nitrogens with zero attached hydrogens (tertiary/aromatic N) is 1. The number of aromatic nitrogens is 1. The van der Waals surface area contributed by atoms with Crippen molar-refractivity contribution in [1.29, 1.82) is 0 Å². The Labute approximate surface area is 172 Å². The number of dihydropyridines is 1. The first-order valence-corrected chi connectivity index (χ1v) is 10.1. The van der Waals surface area contributed by atoms with Crippen LogP contribution in [0.4, 0.5) is 5.82 Å². The average Bonchev–Trinajstić information content (AvgIpc) is 2.68. The molecular formula is C22H20BrN3O2. The molecule has 0 fully saturated rings. The van der Waals surface area contributed by atoms with E-state index < -0.39 is 0 Å². The molecule has 28 heavy (non-hydrogen) atoms. The maximum absolute atomic E-state index is 13.2. The van der Waals surface area contributed by atoms with E-state index in [0.29, 0.717) is 23.4 Å². The Morgan fingerprint density at radius 2 is 1.96 bits per heavy atom. The molecule has 0 unspecified atom stereocenters. The quantitative estimate of drug-likeness (QED) is 0.743. The molecule has 1 atom stereocenters. The second-order valence-electron chi connectivity index (χ2n) is 6.99. The molecule has 1 aliphatic heterocycles. The van der Waals surface area contributed by atoms with E-state index in [9.17, 15) is 9.59 Å². The number of amides is 1. The normalized spacial score (nSPS) is 19.2. The van der Waals surface area contributed by atoms with Gasteiger partial charge in [-0.15, -0.1) is 0 Å². The molecule has 1 aromatic heterocycles. The molecule has 0 bridgehead atoms. The molecule has 0 radical (unpaired) electrons. The Kier molecular flexibility index (Phi) is 5.13. The third-order valence-corrected chi connectivity index (χ3v) is 5.66. The van der Waals surface area contributed by atoms with E-state index in [1.54, 1.807) is 18.3 Å². The van der Waals surface area contributed by atoms with Crippen LogP contribution in [0.5, 0.6) is 0 Å². The highest BCUT2D eigenvalue weighted by atomic mass is 79.9. The van der Waals surface area contributed by atoms with E-state index in [1.165, 1.54) is 0 Å². The van der Waals surface area contributed by atoms with Crippen LogP contribution in [0.3, 0.4) is 0 Å². The molecule has 1 aliphatic carbocycles. The predicted octanol–water partition coefficient (Wildman–Crippen LogP) is 4.45. The Balaban J connectivity index is 1.79. The lowest BCUT2D eigenvalue weighted by atomic mass is 9.75. The van der Waals surface area contributed by atoms with Gasteiger partial charge in [0.25, 0.3) is 5.91 Å². The molecule has 1 amide bonds. The van der Waals surface area contributed by atoms with Crippen LogP contribution in [0.15, 0.2) is 75.7 Å². The van der Waals surface area contributed by atoms with Gasteiger partial charge in [0.1, 0.15) is 5.82 Å². The van der Waals surface area contributed by atoms with E-state index in [-0.39, 0.29) is 17.6 Å². The molecule has 2 aromatic rings. The van der Waals surface area contributed by atoms with Gasteiger partial charge in [0.05, 0.1) is 0 Å². The molecule has 1 aromatic carbocycles. The fourth-order valence-corrected chi connectivity index (χ4v) is 4.16. The highest BCUT2D eigenvalue weighted by molar-refractivity contribution is 9.10. The summed E-state index contributed by atoms with van der Waals surface area (Å²) in [5.41, 5.74) is 3.91. The molecule has 0 saturated carbocycles. The molecule has 5 nitrogen and oxygen atoms in total. The molecule has 2 heterocycles. The maximum Gasteiger partial charge on any atom is 0.255 e. The van der Waals surface area contributed by atoms with Crippen molar-refractivity contribution in [3.8, 4) is 0 Å². The zero-order valence-corrected chi connectivity index (χ0v) is 17.0. The number of allylic oxidation sites excluding steroid dienone is 3. The lowest BCUT2D eigenvalue weighted by molar-refractivity contribution is -0.116. The maximum atomic E-state index is 13.2. The summed E-state index contributed by atoms with van der Waals surface area (Å²) in [7, 11) is 0. The molecular weight excluding hydrogens is 418 g/mol. The predicted molar refractivity (Wildman–Crippen MR) is 111 cm³/mol. The fraction of sp³-hybridized carbons (Fsp3) is 0.227. The van der Waals surface area contributed by atoms with Crippen molar-refractivity contribution < 1.29 is 9.59 Å². The molecule has 0 spiro atoms. The summed E-state index contributed by atoms with van der Waals surface area (Å²) >= 11 is 3.46. The van der Waals surface area contributed by atoms with Crippen LogP contribution in [0.1, 0.15) is 37.7 Å². The van der Waals surface area contributed by atoms with Crippen molar-refractivity contribution in [2.75, 3.05) is 5.32 Å². The van der Waals surface area contributed by atoms with Crippen LogP contribution in [-0.2, 0) is 9.59 Å². The highest BCUT2D eigenvalue weighted by Gasteiger charge is 2.38. The monoisotopic (exact) mass is 437 g/mol. The summed E-state index contributed by atoms with van der Waals surface area (Å²) in [5, 5.41) is 6.20. The topological polar surface area (TPSA) is 71.1 Å². The Bertz CT molecular complexity index is 994. The van der Waals surface area contributed by atoms with Gasteiger partial charge >= 0.3 is 0 Å². The summed E-state index contributed by atoms with van der Waals surface area (Å²) in [6.45, 7) is 1.89. The van der Waals surface area contributed by atoms with Crippen molar-refractivity contribution in [1.82, 2.24) is 10.3 Å². The Hall–Kier alpha value is -2.73. The molecule has 142 valence electrons. The number of rotatable bonds is 3. The Morgan fingerprint density at radius 3 is 2.68 bits per heavy atom. The molecule has 6 heteroatoms. The van der Waals surface area contributed by atoms with Gasteiger partial charge in [-0.05, 0) is 49.6 Å². The van der Waals surface area contributed by atoms with Gasteiger partial charge in [0, 0.05) is 45.5 Å². The van der Waals surface area contributed by atoms with Crippen LogP contribution >= 0.6 is 15.9 Å². The average molecular weight is 438 g/mol. The van der Waals surface area contributed by atoms with Crippen molar-refractivity contribution in [2.45, 2.75) is 32.1 Å². The molecule has 0 saturated heterocycles. The van der Waals surface area contributed by atoms with Crippen LogP contribution in [-0.4, -0.2) is 16.7 Å². The first kappa shape index (κ1) is 18.6. The van der Waals surface area contributed by atoms with Crippen molar-refractivity contribution in [3.63, 3.8) is 0 Å². The number of pyridine rings is 1. The van der Waals surface area contributed by atoms with Gasteiger partial charge in [-0.1, -0.05) is 34.1 Å². The molecule has 2 aliphatic rings. The van der Waals surface area contributed by atoms with Crippen molar-refractivity contribution >= 4 is 33.4 Å². The van der Waals surface area contributed by atoms with Gasteiger partial charge in [0.2, 0.25) is 0 Å². The van der Waals surface area contributed by atoms with Crippen LogP contribution < -0.4 is 10.6 Å². The highest BCUT2D eigenvalue weighted by Crippen LogP contribution is 2.42. The van der Waals surface area contributed by atoms with E-state index in [0.717, 1.165) is 34.3 Å². The molecule has 4 rings (SSSR count). The number of Topliss-reactive ketones (excluding diaryl/α,β-unsaturated/α-hetero) is 1. The van der Waals surface area contributed by atoms with E-state index >= 15 is 0 Å². The van der Waals surface area contributed by atoms with Gasteiger partial charge in [-0.3, -0.25) is 9.59 Å². The number of nitrogens with one attached hydrogen (secondary N) is 2. The summed E-state index contributed by atoms with van der Waals surface area (Å²) in [5.74, 6) is -0.0446. The minimum Gasteiger partial charge on any atom is -0.362 e. The number of carbonyl (C=O) groups is 2. The van der Waals surface area contributed by atoms with Crippen LogP contribution in [0, 0.1) is 0 Å². The number of hydrogen-bond acceptors (Lipinski definition) is 4. The smallest absolute Gasteiger partial charge is 0.255 e. The third-order valence-electron chi connectivity index (χ3n) is 5.13. The lowest BCUT2D eigenvalue weighted by Crippen LogP contribution is -2.35.